The van der Waals surface area contributed by atoms with Crippen LogP contribution in [0, 0.1) is 0 Å². The van der Waals surface area contributed by atoms with Crippen LogP contribution in [-0.2, 0) is 11.5 Å². The van der Waals surface area contributed by atoms with Gasteiger partial charge in [0, 0.05) is 5.56 Å². The maximum absolute atomic E-state index is 10.6. The summed E-state index contributed by atoms with van der Waals surface area (Å²) in [5.74, 6) is -0.441. The standard InChI is InChI=1S/C9H10NO2/c10-9(12)8-3-1-7(2-4-8)5-6-11/h1-4H,5-6H2,(H2,10,12). The largest absolute Gasteiger partial charge is 0.366 e. The minimum Gasteiger partial charge on any atom is -0.366 e. The van der Waals surface area contributed by atoms with E-state index in [4.69, 9.17) is 5.73 Å². The molecule has 1 aromatic carbocycles. The number of hydrogen-bond donors (Lipinski definition) is 1. The summed E-state index contributed by atoms with van der Waals surface area (Å²) in [5, 5.41) is 10.2. The maximum Gasteiger partial charge on any atom is 0.248 e. The van der Waals surface area contributed by atoms with Gasteiger partial charge in [0.1, 0.15) is 0 Å². The highest BCUT2D eigenvalue weighted by Gasteiger charge is 1.98. The van der Waals surface area contributed by atoms with Gasteiger partial charge in [0.2, 0.25) is 5.91 Å². The number of hydrogen-bond acceptors (Lipinski definition) is 1. The lowest BCUT2D eigenvalue weighted by Crippen LogP contribution is -2.10. The number of amides is 1. The summed E-state index contributed by atoms with van der Waals surface area (Å²) in [6, 6.07) is 6.76. The Balaban J connectivity index is 2.78. The zero-order valence-corrected chi connectivity index (χ0v) is 6.62. The summed E-state index contributed by atoms with van der Waals surface area (Å²) in [4.78, 5) is 10.6. The SMILES string of the molecule is NC(=O)c1ccc(CC[O])cc1. The molecule has 1 aromatic rings. The number of benzene rings is 1. The normalized spacial score (nSPS) is 9.75. The van der Waals surface area contributed by atoms with E-state index in [-0.39, 0.29) is 6.61 Å². The van der Waals surface area contributed by atoms with Gasteiger partial charge in [-0.1, -0.05) is 12.1 Å². The Hall–Kier alpha value is -1.35. The van der Waals surface area contributed by atoms with Gasteiger partial charge in [0.15, 0.2) is 0 Å². The van der Waals surface area contributed by atoms with E-state index in [1.807, 2.05) is 0 Å². The number of rotatable bonds is 3. The zero-order valence-electron chi connectivity index (χ0n) is 6.62. The van der Waals surface area contributed by atoms with Gasteiger partial charge >= 0.3 is 0 Å². The number of carbonyl (C=O) groups excluding carboxylic acids is 1. The summed E-state index contributed by atoms with van der Waals surface area (Å²) in [6.07, 6.45) is 0.499. The van der Waals surface area contributed by atoms with E-state index in [2.05, 4.69) is 0 Å². The number of carbonyl (C=O) groups is 1. The molecular formula is C9H10NO2. The molecule has 0 saturated carbocycles. The highest BCUT2D eigenvalue weighted by molar-refractivity contribution is 5.92. The molecule has 63 valence electrons. The van der Waals surface area contributed by atoms with Crippen LogP contribution in [-0.4, -0.2) is 12.5 Å². The highest BCUT2D eigenvalue weighted by Crippen LogP contribution is 2.03. The van der Waals surface area contributed by atoms with Crippen molar-refractivity contribution >= 4 is 5.91 Å². The monoisotopic (exact) mass is 164 g/mol. The lowest BCUT2D eigenvalue weighted by atomic mass is 10.1. The number of primary amides is 1. The minimum atomic E-state index is -0.441. The van der Waals surface area contributed by atoms with Crippen LogP contribution in [0.4, 0.5) is 0 Å². The Morgan fingerprint density at radius 3 is 2.25 bits per heavy atom. The Bertz CT molecular complexity index is 266. The Morgan fingerprint density at radius 1 is 1.25 bits per heavy atom. The van der Waals surface area contributed by atoms with Gasteiger partial charge in [-0.15, -0.1) is 0 Å². The van der Waals surface area contributed by atoms with Gasteiger partial charge in [-0.25, -0.2) is 5.11 Å². The molecule has 12 heavy (non-hydrogen) atoms. The lowest BCUT2D eigenvalue weighted by Gasteiger charge is -1.98. The second-order valence-electron chi connectivity index (χ2n) is 2.52. The van der Waals surface area contributed by atoms with E-state index in [1.165, 1.54) is 0 Å². The van der Waals surface area contributed by atoms with E-state index in [9.17, 15) is 9.90 Å². The molecule has 1 amide bonds. The summed E-state index contributed by atoms with van der Waals surface area (Å²) in [7, 11) is 0. The fraction of sp³-hybridized carbons (Fsp3) is 0.222. The molecule has 0 heterocycles. The van der Waals surface area contributed by atoms with Crippen LogP contribution in [0.3, 0.4) is 0 Å². The molecule has 0 aliphatic rings. The molecule has 0 aliphatic carbocycles. The third-order valence-electron chi connectivity index (χ3n) is 1.63. The molecule has 2 N–H and O–H groups in total. The van der Waals surface area contributed by atoms with Crippen molar-refractivity contribution < 1.29 is 9.90 Å². The van der Waals surface area contributed by atoms with Crippen LogP contribution < -0.4 is 5.73 Å². The molecule has 0 bridgehead atoms. The van der Waals surface area contributed by atoms with E-state index < -0.39 is 5.91 Å². The topological polar surface area (TPSA) is 63.0 Å². The second kappa shape index (κ2) is 3.88. The first-order chi connectivity index (χ1) is 5.74. The van der Waals surface area contributed by atoms with E-state index in [0.717, 1.165) is 5.56 Å². The van der Waals surface area contributed by atoms with Crippen LogP contribution in [0.1, 0.15) is 15.9 Å². The van der Waals surface area contributed by atoms with Crippen LogP contribution in [0.15, 0.2) is 24.3 Å². The quantitative estimate of drug-likeness (QED) is 0.704. The highest BCUT2D eigenvalue weighted by atomic mass is 16.2. The minimum absolute atomic E-state index is 0.129. The van der Waals surface area contributed by atoms with Crippen LogP contribution in [0.25, 0.3) is 0 Å². The van der Waals surface area contributed by atoms with Crippen LogP contribution >= 0.6 is 0 Å². The van der Waals surface area contributed by atoms with Crippen molar-refractivity contribution in [1.82, 2.24) is 0 Å². The fourth-order valence-electron chi connectivity index (χ4n) is 0.954. The molecule has 0 atom stereocenters. The third-order valence-corrected chi connectivity index (χ3v) is 1.63. The van der Waals surface area contributed by atoms with Crippen molar-refractivity contribution in [2.45, 2.75) is 6.42 Å². The molecule has 1 rings (SSSR count). The fourth-order valence-corrected chi connectivity index (χ4v) is 0.954. The molecule has 0 aliphatic heterocycles. The van der Waals surface area contributed by atoms with Gasteiger partial charge < -0.3 is 5.73 Å². The molecule has 0 unspecified atom stereocenters. The molecule has 3 heteroatoms. The first-order valence-electron chi connectivity index (χ1n) is 3.71. The summed E-state index contributed by atoms with van der Waals surface area (Å²) in [6.45, 7) is -0.129. The van der Waals surface area contributed by atoms with Crippen LogP contribution in [0.5, 0.6) is 0 Å². The lowest BCUT2D eigenvalue weighted by molar-refractivity contribution is 0.100. The Morgan fingerprint density at radius 2 is 1.83 bits per heavy atom. The van der Waals surface area contributed by atoms with E-state index in [0.29, 0.717) is 12.0 Å². The van der Waals surface area contributed by atoms with Gasteiger partial charge in [-0.05, 0) is 24.1 Å². The zero-order chi connectivity index (χ0) is 8.97. The maximum atomic E-state index is 10.6. The predicted molar refractivity (Wildman–Crippen MR) is 44.2 cm³/mol. The first kappa shape index (κ1) is 8.74. The summed E-state index contributed by atoms with van der Waals surface area (Å²) >= 11 is 0. The second-order valence-corrected chi connectivity index (χ2v) is 2.52. The van der Waals surface area contributed by atoms with Crippen molar-refractivity contribution in [3.8, 4) is 0 Å². The Labute approximate surface area is 70.8 Å². The molecule has 1 radical (unpaired) electrons. The van der Waals surface area contributed by atoms with Gasteiger partial charge in [-0.3, -0.25) is 4.79 Å². The van der Waals surface area contributed by atoms with E-state index >= 15 is 0 Å². The van der Waals surface area contributed by atoms with Gasteiger partial charge in [-0.2, -0.15) is 0 Å². The number of nitrogens with two attached hydrogens (primary N) is 1. The first-order valence-corrected chi connectivity index (χ1v) is 3.71. The van der Waals surface area contributed by atoms with Crippen molar-refractivity contribution in [3.63, 3.8) is 0 Å². The molecule has 0 fully saturated rings. The average molecular weight is 164 g/mol. The van der Waals surface area contributed by atoms with Crippen molar-refractivity contribution in [2.75, 3.05) is 6.61 Å². The van der Waals surface area contributed by atoms with Gasteiger partial charge in [0.25, 0.3) is 0 Å². The van der Waals surface area contributed by atoms with Crippen molar-refractivity contribution in [2.24, 2.45) is 5.73 Å². The molecule has 0 saturated heterocycles. The average Bonchev–Trinajstić information content (AvgIpc) is 2.06. The molecule has 0 aromatic heterocycles. The van der Waals surface area contributed by atoms with Crippen LogP contribution in [0.2, 0.25) is 0 Å². The molecular weight excluding hydrogens is 154 g/mol. The predicted octanol–water partition coefficient (Wildman–Crippen LogP) is 0.759. The van der Waals surface area contributed by atoms with Crippen molar-refractivity contribution in [3.05, 3.63) is 35.4 Å². The van der Waals surface area contributed by atoms with Crippen molar-refractivity contribution in [1.29, 1.82) is 0 Å². The van der Waals surface area contributed by atoms with E-state index in [1.54, 1.807) is 24.3 Å². The summed E-state index contributed by atoms with van der Waals surface area (Å²) in [5.41, 5.74) is 6.45. The smallest absolute Gasteiger partial charge is 0.248 e. The molecule has 0 spiro atoms. The summed E-state index contributed by atoms with van der Waals surface area (Å²) < 4.78 is 0. The Kier molecular flexibility index (Phi) is 2.82. The third kappa shape index (κ3) is 2.07. The van der Waals surface area contributed by atoms with Gasteiger partial charge in [0.05, 0.1) is 6.61 Å². The molecule has 3 nitrogen and oxygen atoms in total.